The van der Waals surface area contributed by atoms with Gasteiger partial charge >= 0.3 is 0 Å². The molecule has 2 atom stereocenters. The van der Waals surface area contributed by atoms with Gasteiger partial charge in [-0.15, -0.1) is 0 Å². The molecule has 0 spiro atoms. The van der Waals surface area contributed by atoms with E-state index in [1.54, 1.807) is 0 Å². The van der Waals surface area contributed by atoms with Gasteiger partial charge in [-0.1, -0.05) is 25.3 Å². The second kappa shape index (κ2) is 8.51. The molecule has 2 heterocycles. The molecule has 1 aliphatic carbocycles. The van der Waals surface area contributed by atoms with Crippen LogP contribution in [-0.4, -0.2) is 40.5 Å². The first-order chi connectivity index (χ1) is 13.6. The van der Waals surface area contributed by atoms with Crippen molar-refractivity contribution in [1.29, 1.82) is 0 Å². The fraction of sp³-hybridized carbons (Fsp3) is 0.600. The van der Waals surface area contributed by atoms with Gasteiger partial charge in [0.2, 0.25) is 17.1 Å². The van der Waals surface area contributed by atoms with Gasteiger partial charge < -0.3 is 15.4 Å². The van der Waals surface area contributed by atoms with E-state index in [0.29, 0.717) is 35.4 Å². The van der Waals surface area contributed by atoms with Crippen molar-refractivity contribution in [3.63, 3.8) is 0 Å². The maximum atomic E-state index is 12.9. The highest BCUT2D eigenvalue weighted by molar-refractivity contribution is 7.85. The maximum Gasteiger partial charge on any atom is 0.245 e. The molecular formula is C20H28N4O3S. The Bertz CT molecular complexity index is 792. The summed E-state index contributed by atoms with van der Waals surface area (Å²) in [7, 11) is 0. The molecule has 1 aromatic carbocycles. The van der Waals surface area contributed by atoms with E-state index in [-0.39, 0.29) is 11.8 Å². The SMILES string of the molecule is NC1=NS(=O)Nc2cccc(OCC3CCCN(C(=O)C4CCCCC4)C3)c21. The molecule has 3 N–H and O–H groups in total. The molecule has 8 heteroatoms. The number of nitrogens with one attached hydrogen (secondary N) is 1. The van der Waals surface area contributed by atoms with Crippen molar-refractivity contribution in [3.8, 4) is 5.75 Å². The zero-order valence-corrected chi connectivity index (χ0v) is 16.9. The number of hydrogen-bond donors (Lipinski definition) is 2. The Hall–Kier alpha value is -2.09. The molecular weight excluding hydrogens is 376 g/mol. The number of likely N-dealkylation sites (tertiary alicyclic amines) is 1. The summed E-state index contributed by atoms with van der Waals surface area (Å²) in [5, 5.41) is 0. The number of benzene rings is 1. The van der Waals surface area contributed by atoms with Crippen LogP contribution in [-0.2, 0) is 16.0 Å². The second-order valence-electron chi connectivity index (χ2n) is 7.94. The van der Waals surface area contributed by atoms with E-state index in [2.05, 4.69) is 14.0 Å². The number of nitrogens with zero attached hydrogens (tertiary/aromatic N) is 2. The summed E-state index contributed by atoms with van der Waals surface area (Å²) >= 11 is -1.55. The lowest BCUT2D eigenvalue weighted by molar-refractivity contribution is -0.138. The number of amidine groups is 1. The number of carbonyl (C=O) groups is 1. The number of anilines is 1. The zero-order valence-electron chi connectivity index (χ0n) is 16.1. The van der Waals surface area contributed by atoms with Crippen LogP contribution in [0.15, 0.2) is 22.6 Å². The van der Waals surface area contributed by atoms with Gasteiger partial charge in [0, 0.05) is 24.9 Å². The largest absolute Gasteiger partial charge is 0.492 e. The molecule has 2 unspecified atom stereocenters. The smallest absolute Gasteiger partial charge is 0.245 e. The number of rotatable bonds is 4. The quantitative estimate of drug-likeness (QED) is 0.806. The van der Waals surface area contributed by atoms with Gasteiger partial charge in [0.1, 0.15) is 11.6 Å². The number of nitrogens with two attached hydrogens (primary N) is 1. The Morgan fingerprint density at radius 3 is 2.89 bits per heavy atom. The molecule has 1 saturated carbocycles. The highest BCUT2D eigenvalue weighted by atomic mass is 32.2. The second-order valence-corrected chi connectivity index (χ2v) is 8.83. The van der Waals surface area contributed by atoms with E-state index in [4.69, 9.17) is 10.5 Å². The minimum Gasteiger partial charge on any atom is -0.492 e. The Kier molecular flexibility index (Phi) is 5.85. The first-order valence-electron chi connectivity index (χ1n) is 10.2. The summed E-state index contributed by atoms with van der Waals surface area (Å²) in [6, 6.07) is 5.51. The summed E-state index contributed by atoms with van der Waals surface area (Å²) in [5.41, 5.74) is 7.30. The van der Waals surface area contributed by atoms with Gasteiger partial charge in [0.05, 0.1) is 17.9 Å². The highest BCUT2D eigenvalue weighted by Gasteiger charge is 2.30. The van der Waals surface area contributed by atoms with Crippen LogP contribution in [0.1, 0.15) is 50.5 Å². The summed E-state index contributed by atoms with van der Waals surface area (Å²) < 4.78 is 24.4. The van der Waals surface area contributed by atoms with Crippen LogP contribution in [0.3, 0.4) is 0 Å². The van der Waals surface area contributed by atoms with E-state index in [9.17, 15) is 9.00 Å². The molecule has 1 amide bonds. The van der Waals surface area contributed by atoms with E-state index < -0.39 is 11.2 Å². The van der Waals surface area contributed by atoms with Crippen LogP contribution in [0.5, 0.6) is 5.75 Å². The van der Waals surface area contributed by atoms with Gasteiger partial charge in [-0.05, 0) is 37.8 Å². The van der Waals surface area contributed by atoms with E-state index in [1.807, 2.05) is 18.2 Å². The third-order valence-corrected chi connectivity index (χ3v) is 6.68. The molecule has 152 valence electrons. The lowest BCUT2D eigenvalue weighted by Crippen LogP contribution is -2.44. The summed E-state index contributed by atoms with van der Waals surface area (Å²) in [4.78, 5) is 14.9. The van der Waals surface area contributed by atoms with Crippen molar-refractivity contribution in [1.82, 2.24) is 4.90 Å². The summed E-state index contributed by atoms with van der Waals surface area (Å²) in [5.74, 6) is 1.72. The van der Waals surface area contributed by atoms with Crippen molar-refractivity contribution >= 4 is 28.6 Å². The van der Waals surface area contributed by atoms with Crippen LogP contribution in [0.4, 0.5) is 5.69 Å². The van der Waals surface area contributed by atoms with Crippen LogP contribution in [0, 0.1) is 11.8 Å². The Balaban J connectivity index is 1.38. The molecule has 0 radical (unpaired) electrons. The molecule has 4 rings (SSSR count). The number of carbonyl (C=O) groups excluding carboxylic acids is 1. The Labute approximate surface area is 168 Å². The van der Waals surface area contributed by atoms with Crippen LogP contribution >= 0.6 is 0 Å². The van der Waals surface area contributed by atoms with Crippen LogP contribution < -0.4 is 15.2 Å². The number of amides is 1. The normalized spacial score (nSPS) is 25.4. The standard InChI is InChI=1S/C20H28N4O3S/c21-19-18-16(22-28(26)23-19)9-4-10-17(18)27-13-14-6-5-11-24(12-14)20(25)15-7-2-1-3-8-15/h4,9-10,14-15,22H,1-3,5-8,11-13H2,(H2,21,23). The van der Waals surface area contributed by atoms with Gasteiger partial charge in [-0.2, -0.15) is 4.40 Å². The predicted octanol–water partition coefficient (Wildman–Crippen LogP) is 2.59. The van der Waals surface area contributed by atoms with E-state index >= 15 is 0 Å². The van der Waals surface area contributed by atoms with E-state index in [1.165, 1.54) is 19.3 Å². The first-order valence-corrected chi connectivity index (χ1v) is 11.3. The van der Waals surface area contributed by atoms with E-state index in [0.717, 1.165) is 38.8 Å². The van der Waals surface area contributed by atoms with Crippen molar-refractivity contribution in [3.05, 3.63) is 23.8 Å². The van der Waals surface area contributed by atoms with Crippen molar-refractivity contribution in [2.45, 2.75) is 44.9 Å². The summed E-state index contributed by atoms with van der Waals surface area (Å²) in [6.07, 6.45) is 7.77. The molecule has 0 aromatic heterocycles. The zero-order chi connectivity index (χ0) is 19.5. The van der Waals surface area contributed by atoms with Gasteiger partial charge in [0.25, 0.3) is 0 Å². The molecule has 2 fully saturated rings. The number of piperidine rings is 1. The number of hydrogen-bond acceptors (Lipinski definition) is 4. The third-order valence-electron chi connectivity index (χ3n) is 5.92. The Morgan fingerprint density at radius 2 is 2.07 bits per heavy atom. The van der Waals surface area contributed by atoms with Crippen molar-refractivity contribution < 1.29 is 13.7 Å². The third kappa shape index (κ3) is 4.16. The number of fused-ring (bicyclic) bond motifs is 1. The van der Waals surface area contributed by atoms with Gasteiger partial charge in [0.15, 0.2) is 0 Å². The lowest BCUT2D eigenvalue weighted by Gasteiger charge is -2.36. The molecule has 0 bridgehead atoms. The first kappa shape index (κ1) is 19.2. The molecule has 7 nitrogen and oxygen atoms in total. The average Bonchev–Trinajstić information content (AvgIpc) is 2.72. The topological polar surface area (TPSA) is 97.0 Å². The van der Waals surface area contributed by atoms with Gasteiger partial charge in [-0.25, -0.2) is 4.21 Å². The van der Waals surface area contributed by atoms with Crippen LogP contribution in [0.25, 0.3) is 0 Å². The average molecular weight is 405 g/mol. The minimum atomic E-state index is -1.55. The summed E-state index contributed by atoms with van der Waals surface area (Å²) in [6.45, 7) is 2.15. The Morgan fingerprint density at radius 1 is 1.25 bits per heavy atom. The number of ether oxygens (including phenoxy) is 1. The van der Waals surface area contributed by atoms with Crippen molar-refractivity contribution in [2.75, 3.05) is 24.4 Å². The van der Waals surface area contributed by atoms with Crippen molar-refractivity contribution in [2.24, 2.45) is 22.0 Å². The van der Waals surface area contributed by atoms with Gasteiger partial charge in [-0.3, -0.25) is 9.52 Å². The highest BCUT2D eigenvalue weighted by Crippen LogP contribution is 2.31. The molecule has 28 heavy (non-hydrogen) atoms. The molecule has 1 saturated heterocycles. The fourth-order valence-corrected chi connectivity index (χ4v) is 5.14. The molecule has 1 aromatic rings. The fourth-order valence-electron chi connectivity index (χ4n) is 4.47. The minimum absolute atomic E-state index is 0.220. The van der Waals surface area contributed by atoms with Crippen LogP contribution in [0.2, 0.25) is 0 Å². The lowest BCUT2D eigenvalue weighted by atomic mass is 9.87. The monoisotopic (exact) mass is 404 g/mol. The molecule has 2 aliphatic heterocycles. The molecule has 3 aliphatic rings. The maximum absolute atomic E-state index is 12.9. The predicted molar refractivity (Wildman–Crippen MR) is 110 cm³/mol.